The van der Waals surface area contributed by atoms with Crippen molar-refractivity contribution < 1.29 is 4.39 Å². The second-order valence-corrected chi connectivity index (χ2v) is 2.52. The van der Waals surface area contributed by atoms with Gasteiger partial charge in [0.25, 0.3) is 0 Å². The van der Waals surface area contributed by atoms with E-state index in [1.807, 2.05) is 6.07 Å². The van der Waals surface area contributed by atoms with Crippen LogP contribution < -0.4 is 0 Å². The fourth-order valence-electron chi connectivity index (χ4n) is 0.889. The van der Waals surface area contributed by atoms with Crippen LogP contribution in [0, 0.1) is 11.3 Å². The van der Waals surface area contributed by atoms with Crippen molar-refractivity contribution in [1.29, 1.82) is 5.26 Å². The Morgan fingerprint density at radius 2 is 2.58 bits per heavy atom. The van der Waals surface area contributed by atoms with Gasteiger partial charge in [-0.3, -0.25) is 0 Å². The van der Waals surface area contributed by atoms with Crippen molar-refractivity contribution in [2.24, 2.45) is 0 Å². The molecule has 0 aliphatic heterocycles. The number of aromatic nitrogens is 3. The van der Waals surface area contributed by atoms with Gasteiger partial charge in [-0.15, -0.1) is 5.10 Å². The molecule has 1 aromatic rings. The second-order valence-electron chi connectivity index (χ2n) is 2.52. The minimum absolute atomic E-state index is 0.164. The zero-order chi connectivity index (χ0) is 8.97. The molecule has 0 saturated carbocycles. The third-order valence-corrected chi connectivity index (χ3v) is 1.38. The summed E-state index contributed by atoms with van der Waals surface area (Å²) in [4.78, 5) is 0. The predicted molar refractivity (Wildman–Crippen MR) is 39.9 cm³/mol. The highest BCUT2D eigenvalue weighted by molar-refractivity contribution is 5.01. The summed E-state index contributed by atoms with van der Waals surface area (Å²) in [5.74, 6) is 0. The van der Waals surface area contributed by atoms with E-state index in [-0.39, 0.29) is 13.0 Å². The molecule has 5 heteroatoms. The predicted octanol–water partition coefficient (Wildman–Crippen LogP) is 0.702. The van der Waals surface area contributed by atoms with Crippen molar-refractivity contribution in [2.75, 3.05) is 0 Å². The Morgan fingerprint density at radius 1 is 1.83 bits per heavy atom. The zero-order valence-electron chi connectivity index (χ0n) is 6.74. The first-order valence-electron chi connectivity index (χ1n) is 3.62. The molecule has 4 nitrogen and oxygen atoms in total. The van der Waals surface area contributed by atoms with Gasteiger partial charge >= 0.3 is 0 Å². The van der Waals surface area contributed by atoms with Crippen LogP contribution in [0.5, 0.6) is 0 Å². The minimum atomic E-state index is -0.968. The molecule has 1 heterocycles. The lowest BCUT2D eigenvalue weighted by Gasteiger charge is -2.03. The van der Waals surface area contributed by atoms with Crippen LogP contribution in [0.2, 0.25) is 0 Å². The number of alkyl halides is 1. The third kappa shape index (κ3) is 2.02. The molecule has 0 fully saturated rings. The van der Waals surface area contributed by atoms with Crippen molar-refractivity contribution in [3.8, 4) is 6.07 Å². The molecule has 1 aromatic heterocycles. The molecule has 1 unspecified atom stereocenters. The first-order chi connectivity index (χ1) is 5.74. The van der Waals surface area contributed by atoms with Crippen LogP contribution in [0.25, 0.3) is 0 Å². The Labute approximate surface area is 69.6 Å². The molecule has 64 valence electrons. The SMILES string of the molecule is CC(F)Cn1nncc1CC#N. The Hall–Kier alpha value is -1.44. The molecule has 0 spiro atoms. The molecule has 1 rings (SSSR count). The van der Waals surface area contributed by atoms with Crippen molar-refractivity contribution in [1.82, 2.24) is 15.0 Å². The fraction of sp³-hybridized carbons (Fsp3) is 0.571. The van der Waals surface area contributed by atoms with Gasteiger partial charge in [-0.25, -0.2) is 9.07 Å². The number of hydrogen-bond donors (Lipinski definition) is 0. The highest BCUT2D eigenvalue weighted by Gasteiger charge is 2.06. The van der Waals surface area contributed by atoms with Gasteiger partial charge in [-0.05, 0) is 6.92 Å². The monoisotopic (exact) mass is 168 g/mol. The van der Waals surface area contributed by atoms with Crippen LogP contribution in [0.4, 0.5) is 4.39 Å². The number of halogens is 1. The van der Waals surface area contributed by atoms with Crippen molar-refractivity contribution in [3.05, 3.63) is 11.9 Å². The minimum Gasteiger partial charge on any atom is -0.246 e. The highest BCUT2D eigenvalue weighted by atomic mass is 19.1. The Balaban J connectivity index is 2.71. The molecule has 0 bridgehead atoms. The van der Waals surface area contributed by atoms with Crippen molar-refractivity contribution in [2.45, 2.75) is 26.1 Å². The summed E-state index contributed by atoms with van der Waals surface area (Å²) in [6.45, 7) is 1.61. The molecule has 0 radical (unpaired) electrons. The van der Waals surface area contributed by atoms with E-state index in [4.69, 9.17) is 5.26 Å². The number of hydrogen-bond acceptors (Lipinski definition) is 3. The topological polar surface area (TPSA) is 54.5 Å². The maximum Gasteiger partial charge on any atom is 0.117 e. The lowest BCUT2D eigenvalue weighted by atomic mass is 10.3. The smallest absolute Gasteiger partial charge is 0.117 e. The van der Waals surface area contributed by atoms with Gasteiger partial charge in [0, 0.05) is 0 Å². The van der Waals surface area contributed by atoms with Gasteiger partial charge < -0.3 is 0 Å². The normalized spacial score (nSPS) is 12.4. The summed E-state index contributed by atoms with van der Waals surface area (Å²) >= 11 is 0. The molecule has 0 N–H and O–H groups in total. The van der Waals surface area contributed by atoms with Crippen LogP contribution in [0.1, 0.15) is 12.6 Å². The van der Waals surface area contributed by atoms with Gasteiger partial charge in [0.15, 0.2) is 0 Å². The lowest BCUT2D eigenvalue weighted by Crippen LogP contribution is -2.12. The summed E-state index contributed by atoms with van der Waals surface area (Å²) in [6, 6.07) is 1.96. The van der Waals surface area contributed by atoms with Crippen molar-refractivity contribution >= 4 is 0 Å². The Kier molecular flexibility index (Phi) is 2.75. The van der Waals surface area contributed by atoms with E-state index in [1.165, 1.54) is 17.8 Å². The first-order valence-corrected chi connectivity index (χ1v) is 3.62. The van der Waals surface area contributed by atoms with E-state index >= 15 is 0 Å². The second kappa shape index (κ2) is 3.81. The Morgan fingerprint density at radius 3 is 3.17 bits per heavy atom. The summed E-state index contributed by atoms with van der Waals surface area (Å²) in [6.07, 6.45) is 0.731. The van der Waals surface area contributed by atoms with Crippen LogP contribution in [-0.2, 0) is 13.0 Å². The van der Waals surface area contributed by atoms with Gasteiger partial charge in [-0.2, -0.15) is 5.26 Å². The summed E-state index contributed by atoms with van der Waals surface area (Å²) in [5.41, 5.74) is 0.655. The van der Waals surface area contributed by atoms with E-state index in [0.717, 1.165) is 0 Å². The van der Waals surface area contributed by atoms with Crippen LogP contribution in [0.15, 0.2) is 6.20 Å². The lowest BCUT2D eigenvalue weighted by molar-refractivity contribution is 0.303. The van der Waals surface area contributed by atoms with Crippen molar-refractivity contribution in [3.63, 3.8) is 0 Å². The molecule has 0 aliphatic rings. The van der Waals surface area contributed by atoms with Gasteiger partial charge in [0.2, 0.25) is 0 Å². The molecule has 0 saturated heterocycles. The van der Waals surface area contributed by atoms with Gasteiger partial charge in [0.05, 0.1) is 30.9 Å². The van der Waals surface area contributed by atoms with Gasteiger partial charge in [-0.1, -0.05) is 5.21 Å². The molecular weight excluding hydrogens is 159 g/mol. The molecule has 0 amide bonds. The largest absolute Gasteiger partial charge is 0.246 e. The zero-order valence-corrected chi connectivity index (χ0v) is 6.74. The highest BCUT2D eigenvalue weighted by Crippen LogP contribution is 2.00. The standard InChI is InChI=1S/C7H9FN4/c1-6(8)5-12-7(2-3-9)4-10-11-12/h4,6H,2,5H2,1H3. The van der Waals surface area contributed by atoms with E-state index in [2.05, 4.69) is 10.3 Å². The summed E-state index contributed by atoms with van der Waals surface area (Å²) in [5, 5.41) is 15.6. The maximum atomic E-state index is 12.5. The number of nitrogens with zero attached hydrogens (tertiary/aromatic N) is 4. The fourth-order valence-corrected chi connectivity index (χ4v) is 0.889. The van der Waals surface area contributed by atoms with Gasteiger partial charge in [0.1, 0.15) is 6.17 Å². The first kappa shape index (κ1) is 8.65. The quantitative estimate of drug-likeness (QED) is 0.667. The third-order valence-electron chi connectivity index (χ3n) is 1.38. The summed E-state index contributed by atoms with van der Waals surface area (Å²) < 4.78 is 13.9. The van der Waals surface area contributed by atoms with Crippen LogP contribution in [-0.4, -0.2) is 21.2 Å². The van der Waals surface area contributed by atoms with Crippen LogP contribution in [0.3, 0.4) is 0 Å². The maximum absolute atomic E-state index is 12.5. The summed E-state index contributed by atoms with van der Waals surface area (Å²) in [7, 11) is 0. The molecule has 0 aromatic carbocycles. The van der Waals surface area contributed by atoms with E-state index in [1.54, 1.807) is 0 Å². The van der Waals surface area contributed by atoms with Crippen LogP contribution >= 0.6 is 0 Å². The molecule has 1 atom stereocenters. The average molecular weight is 168 g/mol. The number of nitriles is 1. The molecule has 0 aliphatic carbocycles. The van der Waals surface area contributed by atoms with E-state index in [9.17, 15) is 4.39 Å². The van der Waals surface area contributed by atoms with E-state index < -0.39 is 6.17 Å². The Bertz CT molecular complexity index is 286. The average Bonchev–Trinajstić information content (AvgIpc) is 2.37. The van der Waals surface area contributed by atoms with E-state index in [0.29, 0.717) is 5.69 Å². The number of rotatable bonds is 3. The molecule has 12 heavy (non-hydrogen) atoms. The molecular formula is C7H9FN4.